The van der Waals surface area contributed by atoms with Gasteiger partial charge in [-0.1, -0.05) is 49.8 Å². The van der Waals surface area contributed by atoms with Crippen molar-refractivity contribution in [1.82, 2.24) is 0 Å². The van der Waals surface area contributed by atoms with E-state index in [0.29, 0.717) is 0 Å². The molecule has 0 nitrogen and oxygen atoms in total. The molecule has 0 aliphatic heterocycles. The Morgan fingerprint density at radius 2 is 1.11 bits per heavy atom. The SMILES string of the molecule is FC(F)(c1ccccc1)C(F)(F)S(F)(F)(F)(F)F. The molecule has 0 amide bonds. The lowest BCUT2D eigenvalue weighted by Gasteiger charge is -2.48. The molecular weight excluding hydrogens is 299 g/mol. The van der Waals surface area contributed by atoms with Crippen molar-refractivity contribution in [2.24, 2.45) is 0 Å². The largest absolute Gasteiger partial charge is 0.448 e. The Balaban J connectivity index is 3.47. The smallest absolute Gasteiger partial charge is 0.193 e. The lowest BCUT2D eigenvalue weighted by Crippen LogP contribution is -2.46. The Bertz CT molecular complexity index is 446. The molecule has 0 aliphatic carbocycles. The van der Waals surface area contributed by atoms with Gasteiger partial charge in [-0.2, -0.15) is 17.6 Å². The van der Waals surface area contributed by atoms with Crippen LogP contribution in [0.15, 0.2) is 30.3 Å². The fourth-order valence-corrected chi connectivity index (χ4v) is 1.66. The van der Waals surface area contributed by atoms with Crippen LogP contribution in [-0.4, -0.2) is 5.25 Å². The van der Waals surface area contributed by atoms with Crippen LogP contribution in [0.2, 0.25) is 0 Å². The van der Waals surface area contributed by atoms with Crippen molar-refractivity contribution in [3.63, 3.8) is 0 Å². The van der Waals surface area contributed by atoms with Crippen molar-refractivity contribution in [2.75, 3.05) is 0 Å². The predicted octanol–water partition coefficient (Wildman–Crippen LogP) is 5.67. The summed E-state index contributed by atoms with van der Waals surface area (Å²) in [5, 5.41) is -7.44. The van der Waals surface area contributed by atoms with E-state index in [-0.39, 0.29) is 12.1 Å². The molecule has 0 saturated heterocycles. The van der Waals surface area contributed by atoms with E-state index in [2.05, 4.69) is 0 Å². The average Bonchev–Trinajstić information content (AvgIpc) is 2.14. The summed E-state index contributed by atoms with van der Waals surface area (Å²) in [6.07, 6.45) is 0. The fraction of sp³-hybridized carbons (Fsp3) is 0.250. The van der Waals surface area contributed by atoms with Crippen molar-refractivity contribution in [2.45, 2.75) is 11.2 Å². The van der Waals surface area contributed by atoms with Crippen molar-refractivity contribution in [3.05, 3.63) is 35.9 Å². The molecule has 1 aromatic carbocycles. The van der Waals surface area contributed by atoms with E-state index < -0.39 is 27.0 Å². The highest BCUT2D eigenvalue weighted by Gasteiger charge is 2.91. The van der Waals surface area contributed by atoms with Crippen molar-refractivity contribution in [1.29, 1.82) is 0 Å². The van der Waals surface area contributed by atoms with Crippen LogP contribution in [0.3, 0.4) is 0 Å². The van der Waals surface area contributed by atoms with Gasteiger partial charge in [0.05, 0.1) is 0 Å². The van der Waals surface area contributed by atoms with Gasteiger partial charge in [-0.3, -0.25) is 0 Å². The topological polar surface area (TPSA) is 0 Å². The molecule has 1 aromatic rings. The number of hydrogen-bond donors (Lipinski definition) is 0. The van der Waals surface area contributed by atoms with Crippen molar-refractivity contribution < 1.29 is 37.0 Å². The summed E-state index contributed by atoms with van der Waals surface area (Å²) in [6, 6.07) is 2.92. The maximum atomic E-state index is 13.0. The molecular formula is C8H5F9S. The van der Waals surface area contributed by atoms with E-state index in [9.17, 15) is 37.0 Å². The van der Waals surface area contributed by atoms with Gasteiger partial charge in [-0.25, -0.2) is 0 Å². The molecule has 0 radical (unpaired) electrons. The third-order valence-corrected chi connectivity index (χ3v) is 3.21. The van der Waals surface area contributed by atoms with Gasteiger partial charge in [0.15, 0.2) is 0 Å². The highest BCUT2D eigenvalue weighted by molar-refractivity contribution is 8.46. The number of benzene rings is 1. The number of alkyl halides is 4. The first-order valence-electron chi connectivity index (χ1n) is 4.14. The zero-order valence-electron chi connectivity index (χ0n) is 8.20. The van der Waals surface area contributed by atoms with Gasteiger partial charge in [0.25, 0.3) is 0 Å². The van der Waals surface area contributed by atoms with Crippen molar-refractivity contribution >= 4 is 10.2 Å². The summed E-state index contributed by atoms with van der Waals surface area (Å²) >= 11 is 0. The van der Waals surface area contributed by atoms with Crippen LogP contribution in [0, 0.1) is 0 Å². The van der Waals surface area contributed by atoms with Crippen LogP contribution in [0.4, 0.5) is 37.0 Å². The minimum atomic E-state index is -11.7. The van der Waals surface area contributed by atoms with E-state index in [1.165, 1.54) is 0 Å². The Morgan fingerprint density at radius 3 is 1.44 bits per heavy atom. The molecule has 10 heteroatoms. The molecule has 0 heterocycles. The standard InChI is InChI=1S/C8H5F9S/c9-7(10,6-4-2-1-3-5-6)8(11,12)18(13,14,15,16)17/h1-5H. The molecule has 0 saturated carbocycles. The number of halogens is 9. The van der Waals surface area contributed by atoms with E-state index in [1.54, 1.807) is 0 Å². The van der Waals surface area contributed by atoms with Crippen LogP contribution in [0.25, 0.3) is 0 Å². The van der Waals surface area contributed by atoms with E-state index in [1.807, 2.05) is 0 Å². The van der Waals surface area contributed by atoms with Gasteiger partial charge >= 0.3 is 21.4 Å². The van der Waals surface area contributed by atoms with Crippen molar-refractivity contribution in [3.8, 4) is 0 Å². The van der Waals surface area contributed by atoms with Crippen LogP contribution in [0.5, 0.6) is 0 Å². The molecule has 1 rings (SSSR count). The second-order valence-electron chi connectivity index (χ2n) is 3.43. The molecule has 0 unspecified atom stereocenters. The third kappa shape index (κ3) is 2.13. The van der Waals surface area contributed by atoms with Crippen LogP contribution in [0.1, 0.15) is 5.56 Å². The van der Waals surface area contributed by atoms with Gasteiger partial charge in [0.1, 0.15) is 0 Å². The molecule has 0 N–H and O–H groups in total. The second-order valence-corrected chi connectivity index (χ2v) is 5.88. The third-order valence-electron chi connectivity index (χ3n) is 1.99. The highest BCUT2D eigenvalue weighted by atomic mass is 32.5. The number of hydrogen-bond acceptors (Lipinski definition) is 0. The van der Waals surface area contributed by atoms with Gasteiger partial charge in [0, 0.05) is 5.56 Å². The van der Waals surface area contributed by atoms with Gasteiger partial charge < -0.3 is 0 Å². The van der Waals surface area contributed by atoms with Crippen LogP contribution in [-0.2, 0) is 5.92 Å². The molecule has 18 heavy (non-hydrogen) atoms. The average molecular weight is 304 g/mol. The fourth-order valence-electron chi connectivity index (χ4n) is 1.06. The van der Waals surface area contributed by atoms with Gasteiger partial charge in [-0.15, -0.1) is 0 Å². The maximum Gasteiger partial charge on any atom is 0.448 e. The zero-order chi connectivity index (χ0) is 14.5. The summed E-state index contributed by atoms with van der Waals surface area (Å²) < 4.78 is 111. The summed E-state index contributed by atoms with van der Waals surface area (Å²) in [5.74, 6) is -6.06. The summed E-state index contributed by atoms with van der Waals surface area (Å²) in [6.45, 7) is 0. The normalized spacial score (nSPS) is 18.1. The first-order valence-corrected chi connectivity index (χ1v) is 6.09. The molecule has 106 valence electrons. The summed E-state index contributed by atoms with van der Waals surface area (Å²) in [7, 11) is -11.7. The quantitative estimate of drug-likeness (QED) is 0.631. The minimum absolute atomic E-state index is 0.206. The van der Waals surface area contributed by atoms with Gasteiger partial charge in [-0.05, 0) is 0 Å². The Kier molecular flexibility index (Phi) is 2.57. The lowest BCUT2D eigenvalue weighted by atomic mass is 10.1. The molecule has 0 aromatic heterocycles. The Labute approximate surface area is 95.1 Å². The highest BCUT2D eigenvalue weighted by Crippen LogP contribution is 3.06. The first kappa shape index (κ1) is 15.0. The summed E-state index contributed by atoms with van der Waals surface area (Å²) in [4.78, 5) is 0. The monoisotopic (exact) mass is 304 g/mol. The molecule has 0 fully saturated rings. The molecule has 0 atom stereocenters. The predicted molar refractivity (Wildman–Crippen MR) is 48.4 cm³/mol. The van der Waals surface area contributed by atoms with E-state index in [0.717, 1.165) is 18.2 Å². The molecule has 0 aliphatic rings. The Morgan fingerprint density at radius 1 is 0.722 bits per heavy atom. The number of rotatable bonds is 3. The first-order chi connectivity index (χ1) is 7.60. The Hall–Kier alpha value is -1.06. The maximum absolute atomic E-state index is 13.0. The molecule has 0 spiro atoms. The summed E-state index contributed by atoms with van der Waals surface area (Å²) in [5.41, 5.74) is -1.84. The lowest BCUT2D eigenvalue weighted by molar-refractivity contribution is -0.181. The van der Waals surface area contributed by atoms with Crippen LogP contribution >= 0.6 is 10.2 Å². The van der Waals surface area contributed by atoms with Gasteiger partial charge in [0.2, 0.25) is 0 Å². The van der Waals surface area contributed by atoms with Crippen LogP contribution < -0.4 is 0 Å². The minimum Gasteiger partial charge on any atom is -0.193 e. The second kappa shape index (κ2) is 3.09. The van der Waals surface area contributed by atoms with E-state index >= 15 is 0 Å². The zero-order valence-corrected chi connectivity index (χ0v) is 9.01. The van der Waals surface area contributed by atoms with E-state index in [4.69, 9.17) is 0 Å². The molecule has 0 bridgehead atoms.